The molecule has 0 heterocycles. The maximum Gasteiger partial charge on any atom is 0.136 e. The Bertz CT molecular complexity index is 107. The molecule has 0 aromatic heterocycles. The molecule has 0 fully saturated rings. The van der Waals surface area contributed by atoms with Gasteiger partial charge >= 0.3 is 0 Å². The minimum absolute atomic E-state index is 0.126. The Balaban J connectivity index is 3.85. The maximum absolute atomic E-state index is 10.8. The van der Waals surface area contributed by atoms with Crippen molar-refractivity contribution in [2.45, 2.75) is 20.8 Å². The average molecular weight is 146 g/mol. The number of rotatable bonds is 3. The molecule has 0 radical (unpaired) electrons. The first-order chi connectivity index (χ1) is 4.00. The molecule has 0 aliphatic rings. The van der Waals surface area contributed by atoms with E-state index in [-0.39, 0.29) is 11.2 Å². The zero-order chi connectivity index (χ0) is 7.49. The molecule has 0 aromatic rings. The van der Waals surface area contributed by atoms with E-state index in [2.05, 4.69) is 0 Å². The molecule has 0 saturated carbocycles. The van der Waals surface area contributed by atoms with E-state index in [9.17, 15) is 4.79 Å². The van der Waals surface area contributed by atoms with Crippen molar-refractivity contribution in [1.29, 1.82) is 0 Å². The first-order valence-corrected chi connectivity index (χ1v) is 4.40. The molecule has 0 spiro atoms. The fraction of sp³-hybridized carbons (Fsp3) is 0.857. The summed E-state index contributed by atoms with van der Waals surface area (Å²) in [5.74, 6) is 1.19. The quantitative estimate of drug-likeness (QED) is 0.605. The van der Waals surface area contributed by atoms with E-state index in [1.165, 1.54) is 0 Å². The normalized spacial score (nSPS) is 11.6. The van der Waals surface area contributed by atoms with Crippen molar-refractivity contribution in [3.63, 3.8) is 0 Å². The van der Waals surface area contributed by atoms with Crippen molar-refractivity contribution in [1.82, 2.24) is 0 Å². The predicted octanol–water partition coefficient (Wildman–Crippen LogP) is 1.96. The summed E-state index contributed by atoms with van der Waals surface area (Å²) in [6.45, 7) is 5.61. The highest BCUT2D eigenvalue weighted by molar-refractivity contribution is 7.98. The molecule has 0 atom stereocenters. The van der Waals surface area contributed by atoms with Gasteiger partial charge in [0.2, 0.25) is 0 Å². The van der Waals surface area contributed by atoms with E-state index in [1.807, 2.05) is 20.1 Å². The van der Waals surface area contributed by atoms with Gasteiger partial charge in [0.15, 0.2) is 0 Å². The monoisotopic (exact) mass is 146 g/mol. The van der Waals surface area contributed by atoms with E-state index in [1.54, 1.807) is 18.7 Å². The zero-order valence-electron chi connectivity index (χ0n) is 6.52. The number of ketones is 1. The van der Waals surface area contributed by atoms with Crippen molar-refractivity contribution >= 4 is 17.5 Å². The highest BCUT2D eigenvalue weighted by Gasteiger charge is 2.21. The van der Waals surface area contributed by atoms with Crippen molar-refractivity contribution in [3.05, 3.63) is 0 Å². The molecule has 0 amide bonds. The fourth-order valence-electron chi connectivity index (χ4n) is 0.462. The van der Waals surface area contributed by atoms with Gasteiger partial charge in [-0.3, -0.25) is 4.79 Å². The van der Waals surface area contributed by atoms with Crippen LogP contribution >= 0.6 is 11.8 Å². The Morgan fingerprint density at radius 3 is 2.11 bits per heavy atom. The molecule has 54 valence electrons. The Morgan fingerprint density at radius 1 is 1.56 bits per heavy atom. The number of hydrogen-bond donors (Lipinski definition) is 0. The van der Waals surface area contributed by atoms with Gasteiger partial charge in [-0.1, -0.05) is 13.8 Å². The molecular weight excluding hydrogens is 132 g/mol. The van der Waals surface area contributed by atoms with Gasteiger partial charge in [-0.2, -0.15) is 11.8 Å². The summed E-state index contributed by atoms with van der Waals surface area (Å²) in [5.41, 5.74) is -0.126. The third kappa shape index (κ3) is 2.89. The van der Waals surface area contributed by atoms with Gasteiger partial charge < -0.3 is 0 Å². The third-order valence-electron chi connectivity index (χ3n) is 1.46. The van der Waals surface area contributed by atoms with Gasteiger partial charge in [0.1, 0.15) is 5.78 Å². The van der Waals surface area contributed by atoms with Crippen molar-refractivity contribution in [2.75, 3.05) is 12.0 Å². The van der Waals surface area contributed by atoms with Crippen molar-refractivity contribution in [3.8, 4) is 0 Å². The number of carbonyl (C=O) groups is 1. The van der Waals surface area contributed by atoms with Crippen LogP contribution in [0.3, 0.4) is 0 Å². The van der Waals surface area contributed by atoms with Crippen molar-refractivity contribution in [2.24, 2.45) is 5.41 Å². The summed E-state index contributed by atoms with van der Waals surface area (Å²) in [6.07, 6.45) is 2.02. The van der Waals surface area contributed by atoms with Gasteiger partial charge in [0.05, 0.1) is 0 Å². The molecule has 0 rings (SSSR count). The third-order valence-corrected chi connectivity index (χ3v) is 2.47. The summed E-state index contributed by atoms with van der Waals surface area (Å²) in [5, 5.41) is 0. The van der Waals surface area contributed by atoms with Crippen LogP contribution in [0, 0.1) is 5.41 Å². The Morgan fingerprint density at radius 2 is 2.00 bits per heavy atom. The Labute approximate surface area is 61.2 Å². The number of thioether (sulfide) groups is 1. The van der Waals surface area contributed by atoms with Crippen LogP contribution < -0.4 is 0 Å². The number of hydrogen-bond acceptors (Lipinski definition) is 2. The number of carbonyl (C=O) groups excluding carboxylic acids is 1. The van der Waals surface area contributed by atoms with Crippen LogP contribution in [0.2, 0.25) is 0 Å². The van der Waals surface area contributed by atoms with Crippen LogP contribution in [0.5, 0.6) is 0 Å². The minimum Gasteiger partial charge on any atom is -0.299 e. The van der Waals surface area contributed by atoms with Gasteiger partial charge in [-0.25, -0.2) is 0 Å². The van der Waals surface area contributed by atoms with Gasteiger partial charge in [0.25, 0.3) is 0 Å². The summed E-state index contributed by atoms with van der Waals surface area (Å²) in [4.78, 5) is 10.8. The van der Waals surface area contributed by atoms with Crippen LogP contribution in [-0.4, -0.2) is 17.8 Å². The summed E-state index contributed by atoms with van der Waals surface area (Å²) in [6, 6.07) is 0. The largest absolute Gasteiger partial charge is 0.299 e. The molecule has 0 aromatic carbocycles. The molecule has 0 aliphatic carbocycles. The SMILES string of the molecule is CSCC(C)(C)C(C)=O. The van der Waals surface area contributed by atoms with E-state index >= 15 is 0 Å². The standard InChI is InChI=1S/C7H14OS/c1-6(8)7(2,3)5-9-4/h5H2,1-4H3. The lowest BCUT2D eigenvalue weighted by atomic mass is 9.92. The second kappa shape index (κ2) is 3.25. The Kier molecular flexibility index (Phi) is 3.26. The second-order valence-electron chi connectivity index (χ2n) is 2.87. The van der Waals surface area contributed by atoms with Gasteiger partial charge in [-0.05, 0) is 13.2 Å². The lowest BCUT2D eigenvalue weighted by Gasteiger charge is -2.18. The van der Waals surface area contributed by atoms with Crippen LogP contribution in [-0.2, 0) is 4.79 Å². The summed E-state index contributed by atoms with van der Waals surface area (Å²) < 4.78 is 0. The lowest BCUT2D eigenvalue weighted by molar-refractivity contribution is -0.123. The molecule has 0 saturated heterocycles. The van der Waals surface area contributed by atoms with E-state index in [0.717, 1.165) is 5.75 Å². The van der Waals surface area contributed by atoms with E-state index < -0.39 is 0 Å². The predicted molar refractivity (Wildman–Crippen MR) is 42.8 cm³/mol. The highest BCUT2D eigenvalue weighted by atomic mass is 32.2. The van der Waals surface area contributed by atoms with Crippen LogP contribution in [0.1, 0.15) is 20.8 Å². The molecule has 0 aliphatic heterocycles. The molecular formula is C7H14OS. The zero-order valence-corrected chi connectivity index (χ0v) is 7.34. The summed E-state index contributed by atoms with van der Waals surface area (Å²) in [7, 11) is 0. The van der Waals surface area contributed by atoms with Gasteiger partial charge in [0, 0.05) is 11.2 Å². The van der Waals surface area contributed by atoms with Gasteiger partial charge in [-0.15, -0.1) is 0 Å². The molecule has 9 heavy (non-hydrogen) atoms. The second-order valence-corrected chi connectivity index (χ2v) is 3.74. The summed E-state index contributed by atoms with van der Waals surface area (Å²) >= 11 is 1.72. The van der Waals surface area contributed by atoms with E-state index in [4.69, 9.17) is 0 Å². The first-order valence-electron chi connectivity index (χ1n) is 3.00. The molecule has 0 N–H and O–H groups in total. The molecule has 0 unspecified atom stereocenters. The fourth-order valence-corrected chi connectivity index (χ4v) is 1.39. The average Bonchev–Trinajstić information content (AvgIpc) is 1.65. The smallest absolute Gasteiger partial charge is 0.136 e. The topological polar surface area (TPSA) is 17.1 Å². The number of Topliss-reactive ketones (excluding diaryl/α,β-unsaturated/α-hetero) is 1. The molecule has 0 bridgehead atoms. The molecule has 2 heteroatoms. The lowest BCUT2D eigenvalue weighted by Crippen LogP contribution is -2.23. The van der Waals surface area contributed by atoms with Crippen LogP contribution in [0.25, 0.3) is 0 Å². The molecule has 1 nitrogen and oxygen atoms in total. The van der Waals surface area contributed by atoms with Crippen molar-refractivity contribution < 1.29 is 4.79 Å². The maximum atomic E-state index is 10.8. The highest BCUT2D eigenvalue weighted by Crippen LogP contribution is 2.20. The minimum atomic E-state index is -0.126. The van der Waals surface area contributed by atoms with Crippen LogP contribution in [0.4, 0.5) is 0 Å². The van der Waals surface area contributed by atoms with Crippen LogP contribution in [0.15, 0.2) is 0 Å². The first kappa shape index (κ1) is 9.02. The van der Waals surface area contributed by atoms with E-state index in [0.29, 0.717) is 0 Å². The Hall–Kier alpha value is 0.0200.